The molecule has 0 fully saturated rings. The number of anilines is 1. The molecule has 0 aliphatic rings. The van der Waals surface area contributed by atoms with Crippen molar-refractivity contribution in [2.45, 2.75) is 13.3 Å². The highest BCUT2D eigenvalue weighted by atomic mass is 35.5. The summed E-state index contributed by atoms with van der Waals surface area (Å²) in [5.74, 6) is -0.00426. The number of thiazole rings is 1. The van der Waals surface area contributed by atoms with Gasteiger partial charge in [0.05, 0.1) is 11.1 Å². The fourth-order valence-electron chi connectivity index (χ4n) is 1.55. The monoisotopic (exact) mass is 266 g/mol. The van der Waals surface area contributed by atoms with Gasteiger partial charge in [-0.1, -0.05) is 35.1 Å². The SMILES string of the molecule is Cc1cccc(Cl)c1CC(=O)c1cnc(N)s1. The Morgan fingerprint density at radius 1 is 1.53 bits per heavy atom. The van der Waals surface area contributed by atoms with Crippen LogP contribution in [0, 0.1) is 6.92 Å². The summed E-state index contributed by atoms with van der Waals surface area (Å²) in [6.07, 6.45) is 1.79. The van der Waals surface area contributed by atoms with Gasteiger partial charge in [-0.25, -0.2) is 4.98 Å². The summed E-state index contributed by atoms with van der Waals surface area (Å²) in [6.45, 7) is 1.94. The second kappa shape index (κ2) is 4.85. The molecule has 88 valence electrons. The van der Waals surface area contributed by atoms with Gasteiger partial charge >= 0.3 is 0 Å². The van der Waals surface area contributed by atoms with Gasteiger partial charge in [-0.15, -0.1) is 0 Å². The molecule has 1 aromatic heterocycles. The molecule has 0 aliphatic heterocycles. The van der Waals surface area contributed by atoms with Gasteiger partial charge in [0.15, 0.2) is 10.9 Å². The zero-order chi connectivity index (χ0) is 12.4. The van der Waals surface area contributed by atoms with Crippen molar-refractivity contribution in [3.05, 3.63) is 45.4 Å². The summed E-state index contributed by atoms with van der Waals surface area (Å²) < 4.78 is 0. The number of hydrogen-bond acceptors (Lipinski definition) is 4. The average molecular weight is 267 g/mol. The van der Waals surface area contributed by atoms with Gasteiger partial charge in [0.2, 0.25) is 0 Å². The van der Waals surface area contributed by atoms with E-state index in [4.69, 9.17) is 17.3 Å². The van der Waals surface area contributed by atoms with Crippen molar-refractivity contribution in [1.29, 1.82) is 0 Å². The van der Waals surface area contributed by atoms with E-state index >= 15 is 0 Å². The predicted octanol–water partition coefficient (Wildman–Crippen LogP) is 3.11. The fraction of sp³-hybridized carbons (Fsp3) is 0.167. The molecule has 0 saturated heterocycles. The molecule has 2 aromatic rings. The Labute approximate surface area is 108 Å². The van der Waals surface area contributed by atoms with E-state index in [2.05, 4.69) is 4.98 Å². The Bertz CT molecular complexity index is 545. The molecule has 1 aromatic carbocycles. The molecule has 5 heteroatoms. The van der Waals surface area contributed by atoms with Gasteiger partial charge in [0.25, 0.3) is 0 Å². The highest BCUT2D eigenvalue weighted by molar-refractivity contribution is 7.17. The maximum Gasteiger partial charge on any atom is 0.180 e. The number of carbonyl (C=O) groups is 1. The van der Waals surface area contributed by atoms with Crippen LogP contribution >= 0.6 is 22.9 Å². The Morgan fingerprint density at radius 2 is 2.29 bits per heavy atom. The summed E-state index contributed by atoms with van der Waals surface area (Å²) in [4.78, 5) is 16.4. The first kappa shape index (κ1) is 12.1. The fourth-order valence-corrected chi connectivity index (χ4v) is 2.47. The number of aryl methyl sites for hydroxylation is 1. The number of benzene rings is 1. The lowest BCUT2D eigenvalue weighted by Gasteiger charge is -2.06. The average Bonchev–Trinajstić information content (AvgIpc) is 2.70. The number of halogens is 1. The summed E-state index contributed by atoms with van der Waals surface area (Å²) in [7, 11) is 0. The Balaban J connectivity index is 2.24. The van der Waals surface area contributed by atoms with Crippen molar-refractivity contribution in [3.8, 4) is 0 Å². The smallest absolute Gasteiger partial charge is 0.180 e. The van der Waals surface area contributed by atoms with E-state index in [1.807, 2.05) is 19.1 Å². The summed E-state index contributed by atoms with van der Waals surface area (Å²) >= 11 is 7.28. The van der Waals surface area contributed by atoms with Crippen molar-refractivity contribution in [2.75, 3.05) is 5.73 Å². The van der Waals surface area contributed by atoms with Crippen LogP contribution in [0.3, 0.4) is 0 Å². The third kappa shape index (κ3) is 2.65. The third-order valence-electron chi connectivity index (χ3n) is 2.49. The van der Waals surface area contributed by atoms with Crippen LogP contribution < -0.4 is 5.73 Å². The highest BCUT2D eigenvalue weighted by Gasteiger charge is 2.13. The Hall–Kier alpha value is -1.39. The van der Waals surface area contributed by atoms with Crippen molar-refractivity contribution in [1.82, 2.24) is 4.98 Å². The number of hydrogen-bond donors (Lipinski definition) is 1. The second-order valence-electron chi connectivity index (χ2n) is 3.70. The minimum Gasteiger partial charge on any atom is -0.375 e. The van der Waals surface area contributed by atoms with Crippen molar-refractivity contribution < 1.29 is 4.79 Å². The first-order valence-electron chi connectivity index (χ1n) is 5.06. The number of Topliss-reactive ketones (excluding diaryl/α,β-unsaturated/α-hetero) is 1. The van der Waals surface area contributed by atoms with Crippen LogP contribution in [0.5, 0.6) is 0 Å². The number of ketones is 1. The molecular formula is C12H11ClN2OS. The molecule has 1 heterocycles. The number of nitrogens with zero attached hydrogens (tertiary/aromatic N) is 1. The van der Waals surface area contributed by atoms with Crippen molar-refractivity contribution in [2.24, 2.45) is 0 Å². The summed E-state index contributed by atoms with van der Waals surface area (Å²) in [6, 6.07) is 5.60. The molecule has 0 radical (unpaired) electrons. The van der Waals surface area contributed by atoms with E-state index in [-0.39, 0.29) is 12.2 Å². The van der Waals surface area contributed by atoms with Crippen molar-refractivity contribution >= 4 is 33.9 Å². The van der Waals surface area contributed by atoms with Gasteiger partial charge in [0.1, 0.15) is 0 Å². The molecular weight excluding hydrogens is 256 g/mol. The number of carbonyl (C=O) groups excluding carboxylic acids is 1. The van der Waals surface area contributed by atoms with Crippen LogP contribution in [0.15, 0.2) is 24.4 Å². The molecule has 0 bridgehead atoms. The molecule has 3 nitrogen and oxygen atoms in total. The molecule has 0 aliphatic carbocycles. The third-order valence-corrected chi connectivity index (χ3v) is 3.71. The molecule has 0 unspecified atom stereocenters. The topological polar surface area (TPSA) is 56.0 Å². The molecule has 0 amide bonds. The molecule has 17 heavy (non-hydrogen) atoms. The van der Waals surface area contributed by atoms with E-state index in [1.54, 1.807) is 6.07 Å². The predicted molar refractivity (Wildman–Crippen MR) is 70.7 cm³/mol. The maximum atomic E-state index is 12.0. The largest absolute Gasteiger partial charge is 0.375 e. The lowest BCUT2D eigenvalue weighted by molar-refractivity contribution is 0.0996. The van der Waals surface area contributed by atoms with Gasteiger partial charge < -0.3 is 5.73 Å². The lowest BCUT2D eigenvalue weighted by Crippen LogP contribution is -2.03. The van der Waals surface area contributed by atoms with Gasteiger partial charge in [0, 0.05) is 11.4 Å². The first-order chi connectivity index (χ1) is 8.08. The number of aromatic nitrogens is 1. The number of rotatable bonds is 3. The standard InChI is InChI=1S/C12H11ClN2OS/c1-7-3-2-4-9(13)8(7)5-10(16)11-6-15-12(14)17-11/h2-4,6H,5H2,1H3,(H2,14,15). The van der Waals surface area contributed by atoms with E-state index in [1.165, 1.54) is 17.5 Å². The zero-order valence-electron chi connectivity index (χ0n) is 9.24. The van der Waals surface area contributed by atoms with Crippen LogP contribution in [-0.2, 0) is 6.42 Å². The Kier molecular flexibility index (Phi) is 3.45. The maximum absolute atomic E-state index is 12.0. The van der Waals surface area contributed by atoms with Crippen LogP contribution in [-0.4, -0.2) is 10.8 Å². The molecule has 0 spiro atoms. The van der Waals surface area contributed by atoms with Crippen LogP contribution in [0.2, 0.25) is 5.02 Å². The van der Waals surface area contributed by atoms with E-state index in [9.17, 15) is 4.79 Å². The minimum absolute atomic E-state index is 0.00426. The van der Waals surface area contributed by atoms with Gasteiger partial charge in [-0.3, -0.25) is 4.79 Å². The van der Waals surface area contributed by atoms with E-state index < -0.39 is 0 Å². The van der Waals surface area contributed by atoms with Gasteiger partial charge in [-0.2, -0.15) is 0 Å². The van der Waals surface area contributed by atoms with Gasteiger partial charge in [-0.05, 0) is 24.1 Å². The Morgan fingerprint density at radius 3 is 2.88 bits per heavy atom. The number of nitrogen functional groups attached to an aromatic ring is 1. The molecule has 0 saturated carbocycles. The van der Waals surface area contributed by atoms with Crippen LogP contribution in [0.4, 0.5) is 5.13 Å². The van der Waals surface area contributed by atoms with E-state index in [0.717, 1.165) is 11.1 Å². The zero-order valence-corrected chi connectivity index (χ0v) is 10.8. The summed E-state index contributed by atoms with van der Waals surface area (Å²) in [5.41, 5.74) is 7.38. The lowest BCUT2D eigenvalue weighted by atomic mass is 10.0. The van der Waals surface area contributed by atoms with Crippen LogP contribution in [0.25, 0.3) is 0 Å². The molecule has 0 atom stereocenters. The molecule has 2 N–H and O–H groups in total. The highest BCUT2D eigenvalue weighted by Crippen LogP contribution is 2.23. The second-order valence-corrected chi connectivity index (χ2v) is 5.17. The quantitative estimate of drug-likeness (QED) is 0.869. The summed E-state index contributed by atoms with van der Waals surface area (Å²) in [5, 5.41) is 1.03. The number of nitrogens with two attached hydrogens (primary N) is 1. The van der Waals surface area contributed by atoms with Crippen LogP contribution in [0.1, 0.15) is 20.8 Å². The first-order valence-corrected chi connectivity index (χ1v) is 6.26. The minimum atomic E-state index is -0.00426. The molecule has 2 rings (SSSR count). The van der Waals surface area contributed by atoms with Crippen molar-refractivity contribution in [3.63, 3.8) is 0 Å². The normalized spacial score (nSPS) is 10.5. The van der Waals surface area contributed by atoms with E-state index in [0.29, 0.717) is 15.0 Å².